The molecule has 1 aromatic heterocycles. The molecule has 2 rings (SSSR count). The Bertz CT molecular complexity index is 536. The Morgan fingerprint density at radius 3 is 2.95 bits per heavy atom. The maximum atomic E-state index is 12.1. The summed E-state index contributed by atoms with van der Waals surface area (Å²) >= 11 is 7.93. The highest BCUT2D eigenvalue weighted by atomic mass is 32.2. The number of amides is 1. The third-order valence-corrected chi connectivity index (χ3v) is 4.65. The number of thiophene rings is 1. The summed E-state index contributed by atoms with van der Waals surface area (Å²) in [7, 11) is 0. The Morgan fingerprint density at radius 2 is 2.32 bits per heavy atom. The molecule has 1 aliphatic rings. The van der Waals surface area contributed by atoms with Crippen LogP contribution in [0.4, 0.5) is 0 Å². The molecule has 19 heavy (non-hydrogen) atoms. The Balaban J connectivity index is 2.02. The summed E-state index contributed by atoms with van der Waals surface area (Å²) in [6, 6.07) is 3.84. The molecule has 0 bridgehead atoms. The van der Waals surface area contributed by atoms with Crippen molar-refractivity contribution in [1.29, 1.82) is 0 Å². The van der Waals surface area contributed by atoms with Crippen LogP contribution in [-0.4, -0.2) is 27.6 Å². The second-order valence-electron chi connectivity index (χ2n) is 3.82. The first-order chi connectivity index (χ1) is 9.08. The zero-order valence-electron chi connectivity index (χ0n) is 9.83. The van der Waals surface area contributed by atoms with Gasteiger partial charge in [0.05, 0.1) is 4.91 Å². The molecule has 1 saturated heterocycles. The third kappa shape index (κ3) is 3.65. The van der Waals surface area contributed by atoms with E-state index < -0.39 is 5.97 Å². The van der Waals surface area contributed by atoms with Crippen molar-refractivity contribution in [3.8, 4) is 0 Å². The van der Waals surface area contributed by atoms with Crippen LogP contribution in [0.3, 0.4) is 0 Å². The van der Waals surface area contributed by atoms with Gasteiger partial charge < -0.3 is 9.90 Å². The first-order valence-corrected chi connectivity index (χ1v) is 7.67. The number of aliphatic carboxylic acids is 1. The van der Waals surface area contributed by atoms with E-state index in [0.717, 1.165) is 4.88 Å². The molecule has 4 nitrogen and oxygen atoms in total. The zero-order valence-corrected chi connectivity index (χ0v) is 12.3. The lowest BCUT2D eigenvalue weighted by Crippen LogP contribution is -2.30. The Kier molecular flexibility index (Phi) is 4.73. The smallest absolute Gasteiger partial charge is 0.266 e. The fourth-order valence-corrected chi connectivity index (χ4v) is 3.61. The van der Waals surface area contributed by atoms with Gasteiger partial charge in [0.15, 0.2) is 0 Å². The number of thiocarbonyl (C=S) groups is 1. The van der Waals surface area contributed by atoms with Gasteiger partial charge in [-0.3, -0.25) is 9.69 Å². The van der Waals surface area contributed by atoms with E-state index >= 15 is 0 Å². The number of carboxylic acids is 1. The van der Waals surface area contributed by atoms with Gasteiger partial charge in [0, 0.05) is 17.4 Å². The van der Waals surface area contributed by atoms with E-state index in [1.54, 1.807) is 11.3 Å². The van der Waals surface area contributed by atoms with E-state index in [2.05, 4.69) is 0 Å². The van der Waals surface area contributed by atoms with Crippen LogP contribution < -0.4 is 5.11 Å². The quantitative estimate of drug-likeness (QED) is 0.609. The topological polar surface area (TPSA) is 60.4 Å². The lowest BCUT2D eigenvalue weighted by molar-refractivity contribution is -0.305. The minimum atomic E-state index is -1.11. The molecule has 1 aliphatic heterocycles. The Morgan fingerprint density at radius 1 is 1.53 bits per heavy atom. The standard InChI is InChI=1S/C12H11NO3S3/c14-10(15)4-1-5-13-11(16)9(19-12(13)17)7-8-3-2-6-18-8/h2-3,6-7H,1,4-5H2,(H,14,15)/p-1/b9-7+. The minimum absolute atomic E-state index is 0.0684. The summed E-state index contributed by atoms with van der Waals surface area (Å²) in [4.78, 5) is 25.5. The number of nitrogens with zero attached hydrogens (tertiary/aromatic N) is 1. The van der Waals surface area contributed by atoms with E-state index in [0.29, 0.717) is 22.2 Å². The molecule has 7 heteroatoms. The van der Waals surface area contributed by atoms with Gasteiger partial charge in [0.2, 0.25) is 0 Å². The molecular weight excluding hydrogens is 302 g/mol. The monoisotopic (exact) mass is 312 g/mol. The molecule has 1 aromatic rings. The zero-order chi connectivity index (χ0) is 13.8. The van der Waals surface area contributed by atoms with Gasteiger partial charge in [-0.2, -0.15) is 0 Å². The number of carbonyl (C=O) groups excluding carboxylic acids is 2. The number of carbonyl (C=O) groups is 2. The van der Waals surface area contributed by atoms with E-state index in [4.69, 9.17) is 12.2 Å². The van der Waals surface area contributed by atoms with Crippen LogP contribution in [0.1, 0.15) is 17.7 Å². The Hall–Kier alpha value is -1.18. The third-order valence-electron chi connectivity index (χ3n) is 2.45. The molecule has 0 saturated carbocycles. The van der Waals surface area contributed by atoms with E-state index in [1.807, 2.05) is 23.6 Å². The molecular formula is C12H10NO3S3-. The molecule has 0 unspecified atom stereocenters. The van der Waals surface area contributed by atoms with E-state index in [9.17, 15) is 14.7 Å². The van der Waals surface area contributed by atoms with E-state index in [1.165, 1.54) is 16.7 Å². The highest BCUT2D eigenvalue weighted by Crippen LogP contribution is 2.33. The largest absolute Gasteiger partial charge is 0.550 e. The van der Waals surface area contributed by atoms with Gasteiger partial charge in [-0.1, -0.05) is 30.0 Å². The highest BCUT2D eigenvalue weighted by molar-refractivity contribution is 8.26. The van der Waals surface area contributed by atoms with Crippen molar-refractivity contribution in [2.75, 3.05) is 6.54 Å². The molecule has 0 N–H and O–H groups in total. The molecule has 2 heterocycles. The fourth-order valence-electron chi connectivity index (χ4n) is 1.58. The van der Waals surface area contributed by atoms with Crippen LogP contribution in [0.2, 0.25) is 0 Å². The van der Waals surface area contributed by atoms with Crippen LogP contribution in [0.5, 0.6) is 0 Å². The SMILES string of the molecule is O=C([O-])CCCN1C(=O)/C(=C\c2cccs2)SC1=S. The molecule has 100 valence electrons. The molecule has 0 spiro atoms. The van der Waals surface area contributed by atoms with Crippen molar-refractivity contribution in [1.82, 2.24) is 4.90 Å². The summed E-state index contributed by atoms with van der Waals surface area (Å²) < 4.78 is 0.478. The fraction of sp³-hybridized carbons (Fsp3) is 0.250. The summed E-state index contributed by atoms with van der Waals surface area (Å²) in [6.07, 6.45) is 2.09. The maximum absolute atomic E-state index is 12.1. The Labute approximate surface area is 124 Å². The second-order valence-corrected chi connectivity index (χ2v) is 6.48. The molecule has 0 radical (unpaired) electrons. The predicted octanol–water partition coefficient (Wildman–Crippen LogP) is 1.48. The van der Waals surface area contributed by atoms with Crippen LogP contribution in [0.15, 0.2) is 22.4 Å². The van der Waals surface area contributed by atoms with Crippen molar-refractivity contribution >= 4 is 57.6 Å². The molecule has 0 atom stereocenters. The summed E-state index contributed by atoms with van der Waals surface area (Å²) in [5.74, 6) is -1.26. The van der Waals surface area contributed by atoms with Gasteiger partial charge in [-0.15, -0.1) is 11.3 Å². The van der Waals surface area contributed by atoms with Crippen LogP contribution in [0.25, 0.3) is 6.08 Å². The number of thioether (sulfide) groups is 1. The summed E-state index contributed by atoms with van der Waals surface area (Å²) in [6.45, 7) is 0.320. The molecule has 0 aliphatic carbocycles. The molecule has 1 amide bonds. The normalized spacial score (nSPS) is 17.5. The van der Waals surface area contributed by atoms with E-state index in [-0.39, 0.29) is 12.3 Å². The average Bonchev–Trinajstić information content (AvgIpc) is 2.93. The number of carboxylic acid groups (broad SMARTS) is 1. The first kappa shape index (κ1) is 14.2. The molecule has 0 aromatic carbocycles. The van der Waals surface area contributed by atoms with Crippen LogP contribution in [0, 0.1) is 0 Å². The second kappa shape index (κ2) is 6.31. The maximum Gasteiger partial charge on any atom is 0.266 e. The predicted molar refractivity (Wildman–Crippen MR) is 78.4 cm³/mol. The van der Waals surface area contributed by atoms with Crippen molar-refractivity contribution in [3.63, 3.8) is 0 Å². The van der Waals surface area contributed by atoms with Gasteiger partial charge in [-0.25, -0.2) is 0 Å². The van der Waals surface area contributed by atoms with Crippen LogP contribution >= 0.6 is 35.3 Å². The first-order valence-electron chi connectivity index (χ1n) is 5.56. The lowest BCUT2D eigenvalue weighted by Gasteiger charge is -2.14. The lowest BCUT2D eigenvalue weighted by atomic mass is 10.3. The number of rotatable bonds is 5. The van der Waals surface area contributed by atoms with Gasteiger partial charge in [-0.05, 0) is 30.4 Å². The minimum Gasteiger partial charge on any atom is -0.550 e. The van der Waals surface area contributed by atoms with Crippen molar-refractivity contribution < 1.29 is 14.7 Å². The van der Waals surface area contributed by atoms with Crippen molar-refractivity contribution in [2.24, 2.45) is 0 Å². The van der Waals surface area contributed by atoms with Crippen LogP contribution in [-0.2, 0) is 9.59 Å². The van der Waals surface area contributed by atoms with Gasteiger partial charge >= 0.3 is 0 Å². The average molecular weight is 312 g/mol. The van der Waals surface area contributed by atoms with Gasteiger partial charge in [0.1, 0.15) is 4.32 Å². The van der Waals surface area contributed by atoms with Crippen molar-refractivity contribution in [3.05, 3.63) is 27.3 Å². The number of hydrogen-bond donors (Lipinski definition) is 0. The summed E-state index contributed by atoms with van der Waals surface area (Å²) in [5.41, 5.74) is 0. The summed E-state index contributed by atoms with van der Waals surface area (Å²) in [5, 5.41) is 12.3. The number of hydrogen-bond acceptors (Lipinski definition) is 6. The van der Waals surface area contributed by atoms with Gasteiger partial charge in [0.25, 0.3) is 5.91 Å². The highest BCUT2D eigenvalue weighted by Gasteiger charge is 2.31. The van der Waals surface area contributed by atoms with Crippen molar-refractivity contribution in [2.45, 2.75) is 12.8 Å². The molecule has 1 fully saturated rings.